The normalized spacial score (nSPS) is 10.8. The molecule has 0 fully saturated rings. The lowest BCUT2D eigenvalue weighted by Gasteiger charge is -2.15. The number of benzene rings is 2. The lowest BCUT2D eigenvalue weighted by Crippen LogP contribution is -1.95. The summed E-state index contributed by atoms with van der Waals surface area (Å²) in [7, 11) is 1.66. The Labute approximate surface area is 141 Å². The number of hydrogen-bond acceptors (Lipinski definition) is 3. The monoisotopic (exact) mass is 414 g/mol. The van der Waals surface area contributed by atoms with Gasteiger partial charge in [-0.3, -0.25) is 0 Å². The molecular formula is C16H16Br2O3. The average Bonchev–Trinajstić information content (AvgIpc) is 2.42. The van der Waals surface area contributed by atoms with Gasteiger partial charge >= 0.3 is 0 Å². The summed E-state index contributed by atoms with van der Waals surface area (Å²) in [6.07, 6.45) is 0. The molecule has 5 heteroatoms. The Kier molecular flexibility index (Phi) is 5.17. The van der Waals surface area contributed by atoms with Crippen LogP contribution in [0.5, 0.6) is 23.0 Å². The summed E-state index contributed by atoms with van der Waals surface area (Å²) in [4.78, 5) is 0. The fraction of sp³-hybridized carbons (Fsp3) is 0.250. The van der Waals surface area contributed by atoms with Crippen LogP contribution in [0.15, 0.2) is 39.3 Å². The number of halogens is 2. The highest BCUT2D eigenvalue weighted by Gasteiger charge is 2.13. The van der Waals surface area contributed by atoms with Gasteiger partial charge in [0.1, 0.15) is 17.2 Å². The molecule has 0 saturated heterocycles. The van der Waals surface area contributed by atoms with Gasteiger partial charge < -0.3 is 14.6 Å². The molecule has 0 heterocycles. The molecule has 0 atom stereocenters. The lowest BCUT2D eigenvalue weighted by molar-refractivity contribution is 0.405. The highest BCUT2D eigenvalue weighted by Crippen LogP contribution is 2.40. The minimum Gasteiger partial charge on any atom is -0.508 e. The van der Waals surface area contributed by atoms with E-state index in [4.69, 9.17) is 9.47 Å². The van der Waals surface area contributed by atoms with Crippen molar-refractivity contribution in [1.29, 1.82) is 0 Å². The first-order chi connectivity index (χ1) is 9.92. The lowest BCUT2D eigenvalue weighted by atomic mass is 10.0. The van der Waals surface area contributed by atoms with Crippen molar-refractivity contribution in [2.45, 2.75) is 19.8 Å². The summed E-state index contributed by atoms with van der Waals surface area (Å²) in [5.74, 6) is 2.68. The highest BCUT2D eigenvalue weighted by atomic mass is 79.9. The number of ether oxygens (including phenoxy) is 2. The summed E-state index contributed by atoms with van der Waals surface area (Å²) in [6, 6.07) is 8.90. The molecule has 0 bridgehead atoms. The SMILES string of the molecule is COc1ccc(Oc2c(Br)cc(O)cc2Br)cc1C(C)C. The quantitative estimate of drug-likeness (QED) is 0.681. The molecule has 0 aliphatic carbocycles. The van der Waals surface area contributed by atoms with Crippen LogP contribution in [0.25, 0.3) is 0 Å². The van der Waals surface area contributed by atoms with E-state index in [1.807, 2.05) is 18.2 Å². The van der Waals surface area contributed by atoms with Gasteiger partial charge in [-0.25, -0.2) is 0 Å². The third-order valence-electron chi connectivity index (χ3n) is 3.03. The van der Waals surface area contributed by atoms with Gasteiger partial charge in [-0.2, -0.15) is 0 Å². The van der Waals surface area contributed by atoms with Crippen LogP contribution in [0.2, 0.25) is 0 Å². The fourth-order valence-electron chi connectivity index (χ4n) is 1.99. The predicted molar refractivity (Wildman–Crippen MR) is 90.7 cm³/mol. The molecule has 2 rings (SSSR count). The molecule has 3 nitrogen and oxygen atoms in total. The third-order valence-corrected chi connectivity index (χ3v) is 4.20. The molecule has 0 aliphatic rings. The second-order valence-electron chi connectivity index (χ2n) is 4.90. The molecule has 112 valence electrons. The van der Waals surface area contributed by atoms with Gasteiger partial charge in [0.05, 0.1) is 16.1 Å². The van der Waals surface area contributed by atoms with Crippen molar-refractivity contribution in [2.24, 2.45) is 0 Å². The average molecular weight is 416 g/mol. The molecular weight excluding hydrogens is 400 g/mol. The second-order valence-corrected chi connectivity index (χ2v) is 6.61. The number of aromatic hydroxyl groups is 1. The van der Waals surface area contributed by atoms with Crippen molar-refractivity contribution in [3.63, 3.8) is 0 Å². The Bertz CT molecular complexity index is 631. The summed E-state index contributed by atoms with van der Waals surface area (Å²) in [6.45, 7) is 4.21. The molecule has 1 N–H and O–H groups in total. The molecule has 0 saturated carbocycles. The van der Waals surface area contributed by atoms with Crippen molar-refractivity contribution in [1.82, 2.24) is 0 Å². The van der Waals surface area contributed by atoms with Crippen LogP contribution in [0.3, 0.4) is 0 Å². The van der Waals surface area contributed by atoms with E-state index < -0.39 is 0 Å². The van der Waals surface area contributed by atoms with E-state index in [1.165, 1.54) is 0 Å². The van der Waals surface area contributed by atoms with Gasteiger partial charge in [0.25, 0.3) is 0 Å². The minimum absolute atomic E-state index is 0.165. The van der Waals surface area contributed by atoms with Crippen LogP contribution in [-0.4, -0.2) is 12.2 Å². The van der Waals surface area contributed by atoms with Crippen molar-refractivity contribution >= 4 is 31.9 Å². The summed E-state index contributed by atoms with van der Waals surface area (Å²) in [5.41, 5.74) is 1.08. The molecule has 0 aromatic heterocycles. The van der Waals surface area contributed by atoms with Crippen LogP contribution < -0.4 is 9.47 Å². The molecule has 0 spiro atoms. The Morgan fingerprint density at radius 2 is 1.67 bits per heavy atom. The standard InChI is InChI=1S/C16H16Br2O3/c1-9(2)12-8-11(4-5-15(12)20-3)21-16-13(17)6-10(19)7-14(16)18/h4-9,19H,1-3H3. The Hall–Kier alpha value is -1.20. The first kappa shape index (κ1) is 16.2. The van der Waals surface area contributed by atoms with Crippen LogP contribution in [0.4, 0.5) is 0 Å². The Balaban J connectivity index is 2.39. The molecule has 2 aromatic carbocycles. The number of phenolic OH excluding ortho intramolecular Hbond substituents is 1. The van der Waals surface area contributed by atoms with Gasteiger partial charge in [0.15, 0.2) is 5.75 Å². The van der Waals surface area contributed by atoms with E-state index in [9.17, 15) is 5.11 Å². The molecule has 2 aromatic rings. The summed E-state index contributed by atoms with van der Waals surface area (Å²) in [5, 5.41) is 9.54. The molecule has 21 heavy (non-hydrogen) atoms. The fourth-order valence-corrected chi connectivity index (χ4v) is 3.31. The third kappa shape index (κ3) is 3.71. The van der Waals surface area contributed by atoms with Gasteiger partial charge in [-0.15, -0.1) is 0 Å². The van der Waals surface area contributed by atoms with Gasteiger partial charge in [0, 0.05) is 5.56 Å². The zero-order valence-electron chi connectivity index (χ0n) is 12.0. The Morgan fingerprint density at radius 3 is 2.19 bits per heavy atom. The zero-order valence-corrected chi connectivity index (χ0v) is 15.2. The first-order valence-corrected chi connectivity index (χ1v) is 8.04. The summed E-state index contributed by atoms with van der Waals surface area (Å²) < 4.78 is 12.6. The largest absolute Gasteiger partial charge is 0.508 e. The van der Waals surface area contributed by atoms with Crippen LogP contribution in [-0.2, 0) is 0 Å². The molecule has 0 amide bonds. The summed E-state index contributed by atoms with van der Waals surface area (Å²) >= 11 is 6.78. The number of hydrogen-bond donors (Lipinski definition) is 1. The van der Waals surface area contributed by atoms with Gasteiger partial charge in [0.2, 0.25) is 0 Å². The topological polar surface area (TPSA) is 38.7 Å². The van der Waals surface area contributed by atoms with E-state index in [2.05, 4.69) is 45.7 Å². The van der Waals surface area contributed by atoms with Gasteiger partial charge in [-0.05, 0) is 68.1 Å². The van der Waals surface area contributed by atoms with Crippen molar-refractivity contribution in [2.75, 3.05) is 7.11 Å². The van der Waals surface area contributed by atoms with E-state index >= 15 is 0 Å². The maximum atomic E-state index is 9.54. The Morgan fingerprint density at radius 1 is 1.05 bits per heavy atom. The number of phenols is 1. The van der Waals surface area contributed by atoms with E-state index in [-0.39, 0.29) is 5.75 Å². The minimum atomic E-state index is 0.165. The smallest absolute Gasteiger partial charge is 0.156 e. The predicted octanol–water partition coefficient (Wildman–Crippen LogP) is 5.84. The number of rotatable bonds is 4. The molecule has 0 radical (unpaired) electrons. The van der Waals surface area contributed by atoms with Crippen LogP contribution >= 0.6 is 31.9 Å². The number of methoxy groups -OCH3 is 1. The van der Waals surface area contributed by atoms with E-state index in [0.29, 0.717) is 26.4 Å². The van der Waals surface area contributed by atoms with Crippen molar-refractivity contribution in [3.05, 3.63) is 44.8 Å². The molecule has 0 aliphatic heterocycles. The highest BCUT2D eigenvalue weighted by molar-refractivity contribution is 9.11. The zero-order chi connectivity index (χ0) is 15.6. The molecule has 0 unspecified atom stereocenters. The second kappa shape index (κ2) is 6.71. The van der Waals surface area contributed by atoms with E-state index in [1.54, 1.807) is 19.2 Å². The van der Waals surface area contributed by atoms with Crippen molar-refractivity contribution < 1.29 is 14.6 Å². The van der Waals surface area contributed by atoms with Gasteiger partial charge in [-0.1, -0.05) is 13.8 Å². The maximum absolute atomic E-state index is 9.54. The van der Waals surface area contributed by atoms with Crippen LogP contribution in [0, 0.1) is 0 Å². The first-order valence-electron chi connectivity index (χ1n) is 6.46. The van der Waals surface area contributed by atoms with Crippen molar-refractivity contribution in [3.8, 4) is 23.0 Å². The maximum Gasteiger partial charge on any atom is 0.156 e. The van der Waals surface area contributed by atoms with E-state index in [0.717, 1.165) is 11.3 Å². The van der Waals surface area contributed by atoms with Crippen LogP contribution in [0.1, 0.15) is 25.3 Å².